The first-order valence-electron chi connectivity index (χ1n) is 7.44. The van der Waals surface area contributed by atoms with Gasteiger partial charge in [0.25, 0.3) is 0 Å². The van der Waals surface area contributed by atoms with Gasteiger partial charge in [0.05, 0.1) is 19.3 Å². The summed E-state index contributed by atoms with van der Waals surface area (Å²) in [6.07, 6.45) is 0.608. The number of rotatable bonds is 3. The van der Waals surface area contributed by atoms with E-state index in [4.69, 9.17) is 9.26 Å². The van der Waals surface area contributed by atoms with Crippen molar-refractivity contribution in [2.45, 2.75) is 38.6 Å². The van der Waals surface area contributed by atoms with Gasteiger partial charge in [-0.3, -0.25) is 0 Å². The molecule has 1 aromatic carbocycles. The van der Waals surface area contributed by atoms with Crippen LogP contribution in [0.4, 0.5) is 0 Å². The summed E-state index contributed by atoms with van der Waals surface area (Å²) in [6.45, 7) is 6.31. The van der Waals surface area contributed by atoms with Gasteiger partial charge in [-0.1, -0.05) is 5.16 Å². The Balaban J connectivity index is 2.02. The third-order valence-electron chi connectivity index (χ3n) is 4.40. The molecule has 1 aliphatic heterocycles. The van der Waals surface area contributed by atoms with Gasteiger partial charge in [0.2, 0.25) is 10.0 Å². The second-order valence-corrected chi connectivity index (χ2v) is 7.75. The number of fused-ring (bicyclic) bond motifs is 1. The van der Waals surface area contributed by atoms with E-state index >= 15 is 0 Å². The van der Waals surface area contributed by atoms with E-state index in [1.165, 1.54) is 11.4 Å². The second-order valence-electron chi connectivity index (χ2n) is 5.85. The highest BCUT2D eigenvalue weighted by molar-refractivity contribution is 7.89. The average Bonchev–Trinajstić information content (AvgIpc) is 2.90. The molecule has 3 rings (SSSR count). The van der Waals surface area contributed by atoms with Crippen molar-refractivity contribution in [3.8, 4) is 5.75 Å². The second kappa shape index (κ2) is 5.65. The Morgan fingerprint density at radius 1 is 1.22 bits per heavy atom. The number of hydrogen-bond donors (Lipinski definition) is 0. The Bertz CT molecular complexity index is 855. The maximum atomic E-state index is 13.0. The lowest BCUT2D eigenvalue weighted by Gasteiger charge is -2.26. The number of aryl methyl sites for hydroxylation is 3. The first-order valence-corrected chi connectivity index (χ1v) is 8.88. The molecule has 0 aliphatic carbocycles. The molecule has 0 unspecified atom stereocenters. The quantitative estimate of drug-likeness (QED) is 0.860. The summed E-state index contributed by atoms with van der Waals surface area (Å²) in [5, 5.41) is 3.93. The zero-order valence-corrected chi connectivity index (χ0v) is 14.5. The molecule has 0 spiro atoms. The maximum absolute atomic E-state index is 13.0. The van der Waals surface area contributed by atoms with Crippen LogP contribution in [0.25, 0.3) is 0 Å². The third-order valence-corrected chi connectivity index (χ3v) is 6.26. The van der Waals surface area contributed by atoms with Crippen LogP contribution in [0.15, 0.2) is 21.6 Å². The molecule has 6 nitrogen and oxygen atoms in total. The van der Waals surface area contributed by atoms with E-state index in [1.807, 2.05) is 20.8 Å². The smallest absolute Gasteiger partial charge is 0.247 e. The zero-order chi connectivity index (χ0) is 16.8. The standard InChI is InChI=1S/C16H20N2O4S/c1-10-7-14(21-4)16(8-11(10)2)23(19,20)18-6-5-13-12(3)17-22-15(13)9-18/h7-8H,5-6,9H2,1-4H3. The van der Waals surface area contributed by atoms with Crippen LogP contribution in [0.3, 0.4) is 0 Å². The number of methoxy groups -OCH3 is 1. The highest BCUT2D eigenvalue weighted by Crippen LogP contribution is 2.32. The molecule has 124 valence electrons. The number of hydrogen-bond acceptors (Lipinski definition) is 5. The fourth-order valence-corrected chi connectivity index (χ4v) is 4.44. The summed E-state index contributed by atoms with van der Waals surface area (Å²) in [5.41, 5.74) is 3.76. The fourth-order valence-electron chi connectivity index (χ4n) is 2.82. The average molecular weight is 336 g/mol. The van der Waals surface area contributed by atoms with Gasteiger partial charge >= 0.3 is 0 Å². The molecule has 2 aromatic rings. The SMILES string of the molecule is COc1cc(C)c(C)cc1S(=O)(=O)N1CCc2c(C)noc2C1. The lowest BCUT2D eigenvalue weighted by atomic mass is 10.1. The van der Waals surface area contributed by atoms with Crippen molar-refractivity contribution < 1.29 is 17.7 Å². The van der Waals surface area contributed by atoms with Crippen LogP contribution in [0.5, 0.6) is 5.75 Å². The minimum Gasteiger partial charge on any atom is -0.495 e. The predicted molar refractivity (Wildman–Crippen MR) is 85.0 cm³/mol. The van der Waals surface area contributed by atoms with E-state index in [0.717, 1.165) is 22.4 Å². The Morgan fingerprint density at radius 3 is 2.61 bits per heavy atom. The van der Waals surface area contributed by atoms with Gasteiger partial charge in [0.15, 0.2) is 5.76 Å². The Morgan fingerprint density at radius 2 is 1.91 bits per heavy atom. The van der Waals surface area contributed by atoms with Gasteiger partial charge in [0, 0.05) is 12.1 Å². The predicted octanol–water partition coefficient (Wildman–Crippen LogP) is 2.36. The van der Waals surface area contributed by atoms with Crippen LogP contribution < -0.4 is 4.74 Å². The van der Waals surface area contributed by atoms with Crippen LogP contribution in [-0.2, 0) is 23.0 Å². The van der Waals surface area contributed by atoms with Crippen LogP contribution in [0, 0.1) is 20.8 Å². The molecule has 0 saturated heterocycles. The highest BCUT2D eigenvalue weighted by atomic mass is 32.2. The molecule has 0 atom stereocenters. The molecular formula is C16H20N2O4S. The molecule has 0 fully saturated rings. The van der Waals surface area contributed by atoms with Crippen LogP contribution in [0.2, 0.25) is 0 Å². The summed E-state index contributed by atoms with van der Waals surface area (Å²) < 4.78 is 38.0. The number of aromatic nitrogens is 1. The van der Waals surface area contributed by atoms with Gasteiger partial charge in [-0.15, -0.1) is 0 Å². The summed E-state index contributed by atoms with van der Waals surface area (Å²) in [6, 6.07) is 3.43. The molecule has 0 bridgehead atoms. The highest BCUT2D eigenvalue weighted by Gasteiger charge is 2.33. The number of nitrogens with zero attached hydrogens (tertiary/aromatic N) is 2. The summed E-state index contributed by atoms with van der Waals surface area (Å²) in [7, 11) is -2.17. The minimum atomic E-state index is -3.66. The molecule has 23 heavy (non-hydrogen) atoms. The maximum Gasteiger partial charge on any atom is 0.247 e. The molecule has 2 heterocycles. The summed E-state index contributed by atoms with van der Waals surface area (Å²) >= 11 is 0. The van der Waals surface area contributed by atoms with E-state index < -0.39 is 10.0 Å². The Labute approximate surface area is 136 Å². The van der Waals surface area contributed by atoms with Crippen molar-refractivity contribution >= 4 is 10.0 Å². The van der Waals surface area contributed by atoms with Crippen molar-refractivity contribution in [2.24, 2.45) is 0 Å². The first kappa shape index (κ1) is 16.0. The lowest BCUT2D eigenvalue weighted by Crippen LogP contribution is -2.35. The zero-order valence-electron chi connectivity index (χ0n) is 13.7. The van der Waals surface area contributed by atoms with Crippen LogP contribution in [-0.4, -0.2) is 31.5 Å². The molecule has 7 heteroatoms. The minimum absolute atomic E-state index is 0.197. The number of benzene rings is 1. The molecule has 0 saturated carbocycles. The van der Waals surface area contributed by atoms with E-state index in [1.54, 1.807) is 12.1 Å². The molecule has 1 aromatic heterocycles. The van der Waals surface area contributed by atoms with Crippen molar-refractivity contribution in [1.82, 2.24) is 9.46 Å². The Kier molecular flexibility index (Phi) is 3.93. The van der Waals surface area contributed by atoms with Crippen molar-refractivity contribution in [3.05, 3.63) is 40.3 Å². The fraction of sp³-hybridized carbons (Fsp3) is 0.438. The molecular weight excluding hydrogens is 316 g/mol. The van der Waals surface area contributed by atoms with E-state index in [0.29, 0.717) is 24.5 Å². The molecule has 0 radical (unpaired) electrons. The molecule has 1 aliphatic rings. The summed E-state index contributed by atoms with van der Waals surface area (Å²) in [5.74, 6) is 0.993. The van der Waals surface area contributed by atoms with E-state index in [-0.39, 0.29) is 11.4 Å². The van der Waals surface area contributed by atoms with Gasteiger partial charge in [-0.2, -0.15) is 4.31 Å². The first-order chi connectivity index (χ1) is 10.8. The van der Waals surface area contributed by atoms with Crippen molar-refractivity contribution in [1.29, 1.82) is 0 Å². The molecule has 0 N–H and O–H groups in total. The third kappa shape index (κ3) is 2.64. The van der Waals surface area contributed by atoms with Gasteiger partial charge in [0.1, 0.15) is 10.6 Å². The number of ether oxygens (including phenoxy) is 1. The van der Waals surface area contributed by atoms with Crippen LogP contribution >= 0.6 is 0 Å². The van der Waals surface area contributed by atoms with Gasteiger partial charge in [-0.05, 0) is 50.5 Å². The van der Waals surface area contributed by atoms with E-state index in [9.17, 15) is 8.42 Å². The van der Waals surface area contributed by atoms with Gasteiger partial charge in [-0.25, -0.2) is 8.42 Å². The van der Waals surface area contributed by atoms with Crippen molar-refractivity contribution in [3.63, 3.8) is 0 Å². The number of sulfonamides is 1. The normalized spacial score (nSPS) is 15.5. The lowest BCUT2D eigenvalue weighted by molar-refractivity contribution is 0.305. The van der Waals surface area contributed by atoms with Crippen LogP contribution in [0.1, 0.15) is 28.1 Å². The van der Waals surface area contributed by atoms with Gasteiger partial charge < -0.3 is 9.26 Å². The van der Waals surface area contributed by atoms with Crippen molar-refractivity contribution in [2.75, 3.05) is 13.7 Å². The largest absolute Gasteiger partial charge is 0.495 e. The monoisotopic (exact) mass is 336 g/mol. The topological polar surface area (TPSA) is 72.6 Å². The molecule has 0 amide bonds. The van der Waals surface area contributed by atoms with E-state index in [2.05, 4.69) is 5.16 Å². The summed E-state index contributed by atoms with van der Waals surface area (Å²) in [4.78, 5) is 0.197. The Hall–Kier alpha value is -1.86.